The number of methoxy groups -OCH3 is 1. The molecular formula is C10H12F2O2. The zero-order chi connectivity index (χ0) is 10.6. The fourth-order valence-electron chi connectivity index (χ4n) is 1.17. The van der Waals surface area contributed by atoms with E-state index < -0.39 is 6.61 Å². The van der Waals surface area contributed by atoms with E-state index in [0.717, 1.165) is 0 Å². The summed E-state index contributed by atoms with van der Waals surface area (Å²) in [5, 5.41) is 0. The average Bonchev–Trinajstić information content (AvgIpc) is 2.17. The molecule has 0 spiro atoms. The van der Waals surface area contributed by atoms with Crippen molar-refractivity contribution in [2.75, 3.05) is 7.11 Å². The molecule has 0 amide bonds. The third-order valence-corrected chi connectivity index (χ3v) is 1.86. The average molecular weight is 202 g/mol. The molecule has 0 aromatic heterocycles. The summed E-state index contributed by atoms with van der Waals surface area (Å²) in [6.45, 7) is -0.915. The van der Waals surface area contributed by atoms with Crippen molar-refractivity contribution in [2.45, 2.75) is 20.0 Å². The molecule has 1 aromatic rings. The van der Waals surface area contributed by atoms with Crippen LogP contribution in [0.3, 0.4) is 0 Å². The summed E-state index contributed by atoms with van der Waals surface area (Å²) in [5.74, 6) is 0.853. The van der Waals surface area contributed by atoms with Gasteiger partial charge in [-0.3, -0.25) is 0 Å². The highest BCUT2D eigenvalue weighted by Gasteiger charge is 2.09. The fraction of sp³-hybridized carbons (Fsp3) is 0.400. The van der Waals surface area contributed by atoms with Crippen molar-refractivity contribution in [1.82, 2.24) is 0 Å². The summed E-state index contributed by atoms with van der Waals surface area (Å²) in [7, 11) is 1.53. The first-order valence-corrected chi connectivity index (χ1v) is 4.29. The van der Waals surface area contributed by atoms with Crippen LogP contribution in [0, 0.1) is 0 Å². The maximum atomic E-state index is 12.0. The van der Waals surface area contributed by atoms with E-state index in [9.17, 15) is 8.78 Å². The van der Waals surface area contributed by atoms with Crippen molar-refractivity contribution >= 4 is 0 Å². The number of alkyl halides is 2. The molecule has 4 heteroatoms. The van der Waals surface area contributed by atoms with Crippen molar-refractivity contribution in [3.8, 4) is 11.5 Å². The van der Waals surface area contributed by atoms with Crippen molar-refractivity contribution in [1.29, 1.82) is 0 Å². The van der Waals surface area contributed by atoms with Crippen LogP contribution in [0.2, 0.25) is 0 Å². The monoisotopic (exact) mass is 202 g/mol. The lowest BCUT2D eigenvalue weighted by atomic mass is 10.1. The van der Waals surface area contributed by atoms with Crippen LogP contribution in [0.4, 0.5) is 8.78 Å². The quantitative estimate of drug-likeness (QED) is 0.747. The van der Waals surface area contributed by atoms with Crippen molar-refractivity contribution in [2.24, 2.45) is 0 Å². The number of rotatable bonds is 4. The van der Waals surface area contributed by atoms with Crippen LogP contribution in [-0.2, 0) is 6.42 Å². The molecule has 0 radical (unpaired) electrons. The molecular weight excluding hydrogens is 190 g/mol. The van der Waals surface area contributed by atoms with E-state index in [4.69, 9.17) is 4.74 Å². The van der Waals surface area contributed by atoms with Gasteiger partial charge in [0, 0.05) is 0 Å². The lowest BCUT2D eigenvalue weighted by Gasteiger charge is -2.10. The molecule has 0 N–H and O–H groups in total. The van der Waals surface area contributed by atoms with Crippen LogP contribution in [0.5, 0.6) is 11.5 Å². The highest BCUT2D eigenvalue weighted by atomic mass is 19.3. The minimum Gasteiger partial charge on any atom is -0.497 e. The van der Waals surface area contributed by atoms with E-state index >= 15 is 0 Å². The second kappa shape index (κ2) is 4.79. The van der Waals surface area contributed by atoms with Gasteiger partial charge in [-0.1, -0.05) is 6.92 Å². The third-order valence-electron chi connectivity index (χ3n) is 1.86. The largest absolute Gasteiger partial charge is 0.497 e. The first-order chi connectivity index (χ1) is 6.67. The second-order valence-electron chi connectivity index (χ2n) is 2.71. The molecule has 0 unspecified atom stereocenters. The zero-order valence-electron chi connectivity index (χ0n) is 8.09. The highest BCUT2D eigenvalue weighted by Crippen LogP contribution is 2.25. The first-order valence-electron chi connectivity index (χ1n) is 4.29. The second-order valence-corrected chi connectivity index (χ2v) is 2.71. The molecule has 0 saturated heterocycles. The Bertz CT molecular complexity index is 300. The minimum absolute atomic E-state index is 0.211. The predicted octanol–water partition coefficient (Wildman–Crippen LogP) is 2.86. The van der Waals surface area contributed by atoms with E-state index in [1.807, 2.05) is 6.92 Å². The van der Waals surface area contributed by atoms with E-state index in [1.54, 1.807) is 12.1 Å². The predicted molar refractivity (Wildman–Crippen MR) is 49.0 cm³/mol. The van der Waals surface area contributed by atoms with Gasteiger partial charge in [-0.25, -0.2) is 0 Å². The Balaban J connectivity index is 2.93. The van der Waals surface area contributed by atoms with E-state index in [1.165, 1.54) is 13.2 Å². The van der Waals surface area contributed by atoms with Crippen LogP contribution < -0.4 is 9.47 Å². The standard InChI is InChI=1S/C10H12F2O2/c1-3-7-6-8(13-2)4-5-9(7)14-10(11)12/h4-6,10H,3H2,1-2H3. The summed E-state index contributed by atoms with van der Waals surface area (Å²) < 4.78 is 33.3. The molecule has 0 bridgehead atoms. The summed E-state index contributed by atoms with van der Waals surface area (Å²) >= 11 is 0. The Labute approximate surface area is 81.4 Å². The SMILES string of the molecule is CCc1cc(OC)ccc1OC(F)F. The van der Waals surface area contributed by atoms with Crippen molar-refractivity contribution < 1.29 is 18.3 Å². The van der Waals surface area contributed by atoms with Gasteiger partial charge in [0.1, 0.15) is 11.5 Å². The molecule has 1 rings (SSSR count). The lowest BCUT2D eigenvalue weighted by Crippen LogP contribution is -2.04. The summed E-state index contributed by atoms with van der Waals surface area (Å²) in [6, 6.07) is 4.78. The highest BCUT2D eigenvalue weighted by molar-refractivity contribution is 5.40. The zero-order valence-corrected chi connectivity index (χ0v) is 8.09. The van der Waals surface area contributed by atoms with E-state index in [2.05, 4.69) is 4.74 Å². The van der Waals surface area contributed by atoms with Gasteiger partial charge in [0.2, 0.25) is 0 Å². The molecule has 78 valence electrons. The minimum atomic E-state index is -2.78. The molecule has 1 aromatic carbocycles. The molecule has 0 aliphatic heterocycles. The Morgan fingerprint density at radius 3 is 2.57 bits per heavy atom. The normalized spacial score (nSPS) is 10.4. The maximum Gasteiger partial charge on any atom is 0.387 e. The Kier molecular flexibility index (Phi) is 3.68. The van der Waals surface area contributed by atoms with Crippen LogP contribution >= 0.6 is 0 Å². The van der Waals surface area contributed by atoms with Crippen molar-refractivity contribution in [3.05, 3.63) is 23.8 Å². The van der Waals surface area contributed by atoms with Gasteiger partial charge in [0.25, 0.3) is 0 Å². The van der Waals surface area contributed by atoms with E-state index in [0.29, 0.717) is 17.7 Å². The Morgan fingerprint density at radius 1 is 1.36 bits per heavy atom. The number of aryl methyl sites for hydroxylation is 1. The third kappa shape index (κ3) is 2.58. The molecule has 2 nitrogen and oxygen atoms in total. The van der Waals surface area contributed by atoms with Gasteiger partial charge >= 0.3 is 6.61 Å². The molecule has 14 heavy (non-hydrogen) atoms. The van der Waals surface area contributed by atoms with Gasteiger partial charge in [0.05, 0.1) is 7.11 Å². The molecule has 0 aliphatic rings. The van der Waals surface area contributed by atoms with Gasteiger partial charge in [-0.05, 0) is 30.2 Å². The van der Waals surface area contributed by atoms with E-state index in [-0.39, 0.29) is 5.75 Å². The van der Waals surface area contributed by atoms with Gasteiger partial charge in [0.15, 0.2) is 0 Å². The lowest BCUT2D eigenvalue weighted by molar-refractivity contribution is -0.0504. The van der Waals surface area contributed by atoms with Crippen LogP contribution in [0.25, 0.3) is 0 Å². The summed E-state index contributed by atoms with van der Waals surface area (Å²) in [5.41, 5.74) is 0.713. The van der Waals surface area contributed by atoms with Crippen LogP contribution in [0.15, 0.2) is 18.2 Å². The number of ether oxygens (including phenoxy) is 2. The smallest absolute Gasteiger partial charge is 0.387 e. The molecule has 0 fully saturated rings. The van der Waals surface area contributed by atoms with Crippen molar-refractivity contribution in [3.63, 3.8) is 0 Å². The molecule has 0 heterocycles. The molecule has 0 saturated carbocycles. The van der Waals surface area contributed by atoms with Gasteiger partial charge < -0.3 is 9.47 Å². The number of hydrogen-bond acceptors (Lipinski definition) is 2. The topological polar surface area (TPSA) is 18.5 Å². The van der Waals surface area contributed by atoms with Crippen LogP contribution in [-0.4, -0.2) is 13.7 Å². The Morgan fingerprint density at radius 2 is 2.07 bits per heavy atom. The molecule has 0 atom stereocenters. The Hall–Kier alpha value is -1.32. The molecule has 0 aliphatic carbocycles. The first kappa shape index (κ1) is 10.8. The van der Waals surface area contributed by atoms with Gasteiger partial charge in [-0.2, -0.15) is 8.78 Å². The number of halogens is 2. The van der Waals surface area contributed by atoms with Gasteiger partial charge in [-0.15, -0.1) is 0 Å². The summed E-state index contributed by atoms with van der Waals surface area (Å²) in [6.07, 6.45) is 0.624. The number of hydrogen-bond donors (Lipinski definition) is 0. The summed E-state index contributed by atoms with van der Waals surface area (Å²) in [4.78, 5) is 0. The number of benzene rings is 1. The fourth-order valence-corrected chi connectivity index (χ4v) is 1.17. The maximum absolute atomic E-state index is 12.0. The van der Waals surface area contributed by atoms with Crippen LogP contribution in [0.1, 0.15) is 12.5 Å².